The van der Waals surface area contributed by atoms with E-state index >= 15 is 37.5 Å². The zero-order valence-corrected chi connectivity index (χ0v) is 65.0. The van der Waals surface area contributed by atoms with E-state index in [0.29, 0.717) is 58.0 Å². The molecule has 4 aliphatic heterocycles. The highest BCUT2D eigenvalue weighted by molar-refractivity contribution is 6.01. The summed E-state index contributed by atoms with van der Waals surface area (Å²) < 4.78 is 114. The Bertz CT molecular complexity index is 3190. The van der Waals surface area contributed by atoms with Gasteiger partial charge in [0.1, 0.15) is 72.1 Å². The fourth-order valence-corrected chi connectivity index (χ4v) is 17.0. The van der Waals surface area contributed by atoms with Crippen LogP contribution in [0.4, 0.5) is 30.7 Å². The molecule has 0 aromatic rings. The molecule has 6 fully saturated rings. The van der Waals surface area contributed by atoms with Gasteiger partial charge >= 0.3 is 6.18 Å². The van der Waals surface area contributed by atoms with Crippen molar-refractivity contribution in [1.82, 2.24) is 60.0 Å². The van der Waals surface area contributed by atoms with Crippen LogP contribution in [0.3, 0.4) is 0 Å². The highest BCUT2D eigenvalue weighted by Gasteiger charge is 2.56. The third-order valence-electron chi connectivity index (χ3n) is 23.9. The van der Waals surface area contributed by atoms with Crippen LogP contribution in [0.5, 0.6) is 0 Å². The van der Waals surface area contributed by atoms with Gasteiger partial charge in [-0.15, -0.1) is 0 Å². The fraction of sp³-hybridized carbons (Fsp3) is 0.813. The number of ether oxygens (including phenoxy) is 2. The Labute approximate surface area is 630 Å². The number of nitrogens with zero attached hydrogens (tertiary/aromatic N) is 9. The SMILES string of the molecule is CCO[C@@H]1C[C@H]2C(=O)NC3(CCCC3)C(=O)N(C)[C@@H](C(CC)CC)C(=O)N(C)[C@H](C(=O)N3CCCC3)CC(=O)N(C)[C@@H](COC)C(=O)N[C@@H]([C@@H](C)CC)C(=O)N(C)CC(=O)N(C)[C@H]3C/C=C\CCN(C3=O)[C@@H](CC3CCC(F)(F)CC3)C(=O)N(C)CC(=O)N[C@@H](CCC3CC(F)C(C(F)(F)F)C(F)C3)C(=O)N2C1. The highest BCUT2D eigenvalue weighted by Crippen LogP contribution is 2.45. The first-order valence-electron chi connectivity index (χ1n) is 38.7. The van der Waals surface area contributed by atoms with E-state index < -0.39 is 243 Å². The molecule has 610 valence electrons. The summed E-state index contributed by atoms with van der Waals surface area (Å²) in [6.45, 7) is 7.12. The minimum Gasteiger partial charge on any atom is -0.382 e. The molecule has 0 aromatic heterocycles. The van der Waals surface area contributed by atoms with Crippen LogP contribution in [0.1, 0.15) is 176 Å². The first-order valence-corrected chi connectivity index (χ1v) is 38.7. The number of rotatable bonds is 15. The van der Waals surface area contributed by atoms with Crippen molar-refractivity contribution >= 4 is 70.9 Å². The molecular formula is C75H117F7N12O14. The van der Waals surface area contributed by atoms with Gasteiger partial charge in [0.25, 0.3) is 0 Å². The monoisotopic (exact) mass is 1540 g/mol. The number of carbonyl (C=O) groups is 12. The average Bonchev–Trinajstić information content (AvgIpc) is 1.54. The van der Waals surface area contributed by atoms with Gasteiger partial charge < -0.3 is 69.5 Å². The van der Waals surface area contributed by atoms with Gasteiger partial charge in [0.05, 0.1) is 32.2 Å². The van der Waals surface area contributed by atoms with Crippen LogP contribution < -0.4 is 16.0 Å². The Hall–Kier alpha value is -7.19. The summed E-state index contributed by atoms with van der Waals surface area (Å²) in [5.74, 6) is -18.3. The van der Waals surface area contributed by atoms with Crippen LogP contribution in [0.15, 0.2) is 12.2 Å². The largest absolute Gasteiger partial charge is 0.397 e. The number of likely N-dealkylation sites (tertiary alicyclic amines) is 1. The first-order chi connectivity index (χ1) is 50.9. The Kier molecular flexibility index (Phi) is 31.5. The van der Waals surface area contributed by atoms with Gasteiger partial charge in [0.2, 0.25) is 76.8 Å². The Morgan fingerprint density at radius 2 is 1.26 bits per heavy atom. The zero-order valence-electron chi connectivity index (χ0n) is 65.0. The van der Waals surface area contributed by atoms with Crippen molar-refractivity contribution in [1.29, 1.82) is 0 Å². The second-order valence-corrected chi connectivity index (χ2v) is 31.2. The standard InChI is InChI=1S/C75H117F7N12O14/c1-13-45(5)62-70(104)87(7)43-60(97)88(8)53-24-18-17-21-35-93(69(53)103)56(38-46-27-31-74(78,79)32-28-46)67(101)86(6)42-58(95)83-52(26-25-47-36-50(76)61(51(77)37-47)75(80,81)82)66(100)94-41-49(108-16-4)39-54(94)65(99)85-73(29-19-20-30-73)72(106)91(11)63(48(14-2)15-3)71(105)90(10)55(68(102)92-33-22-23-34-92)40-59(96)89(9)57(44-107-12)64(98)84-62/h17-18,45-57,61-63H,13-16,19-44H2,1-12H3,(H,83,95)(H,84,98)(H,85,99)/b18-17-/t45-,47?,49+,50?,51?,52-,53-,54-,55-,56-,57-,61?,62-,63-/m0/s1. The smallest absolute Gasteiger partial charge is 0.382 e. The number of carbonyl (C=O) groups excluding carboxylic acids is 12. The van der Waals surface area contributed by atoms with Gasteiger partial charge in [-0.25, -0.2) is 17.6 Å². The normalized spacial score (nSPS) is 31.1. The van der Waals surface area contributed by atoms with Crippen molar-refractivity contribution in [2.75, 3.05) is 102 Å². The average molecular weight is 1540 g/mol. The minimum atomic E-state index is -5.21. The molecule has 12 atom stereocenters. The van der Waals surface area contributed by atoms with Gasteiger partial charge in [0, 0.05) is 101 Å². The number of fused-ring (bicyclic) bond motifs is 3. The molecule has 12 amide bonds. The molecule has 7 rings (SSSR count). The quantitative estimate of drug-likeness (QED) is 0.133. The van der Waals surface area contributed by atoms with E-state index in [1.165, 1.54) is 64.1 Å². The molecule has 26 nitrogen and oxygen atoms in total. The van der Waals surface area contributed by atoms with Crippen LogP contribution in [-0.4, -0.2) is 301 Å². The van der Waals surface area contributed by atoms with Gasteiger partial charge in [-0.1, -0.05) is 72.0 Å². The third-order valence-corrected chi connectivity index (χ3v) is 23.9. The van der Waals surface area contributed by atoms with E-state index in [0.717, 1.165) is 29.4 Å². The summed E-state index contributed by atoms with van der Waals surface area (Å²) >= 11 is 0. The lowest BCUT2D eigenvalue weighted by Gasteiger charge is -2.42. The summed E-state index contributed by atoms with van der Waals surface area (Å²) in [6.07, 6.45) is -9.17. The Morgan fingerprint density at radius 3 is 1.84 bits per heavy atom. The van der Waals surface area contributed by atoms with Crippen LogP contribution in [0.25, 0.3) is 0 Å². The van der Waals surface area contributed by atoms with Crippen LogP contribution in [0.2, 0.25) is 0 Å². The molecule has 3 aliphatic carbocycles. The van der Waals surface area contributed by atoms with Crippen molar-refractivity contribution in [2.24, 2.45) is 29.6 Å². The Morgan fingerprint density at radius 1 is 0.639 bits per heavy atom. The van der Waals surface area contributed by atoms with Crippen molar-refractivity contribution in [3.05, 3.63) is 12.2 Å². The molecule has 0 radical (unpaired) electrons. The molecule has 0 aromatic carbocycles. The van der Waals surface area contributed by atoms with Crippen LogP contribution >= 0.6 is 0 Å². The van der Waals surface area contributed by atoms with Crippen molar-refractivity contribution < 1.29 is 97.7 Å². The molecule has 3 saturated heterocycles. The molecule has 3 saturated carbocycles. The Balaban J connectivity index is 1.34. The minimum absolute atomic E-state index is 0.0494. The molecule has 4 heterocycles. The lowest BCUT2D eigenvalue weighted by molar-refractivity contribution is -0.219. The van der Waals surface area contributed by atoms with E-state index in [2.05, 4.69) is 16.0 Å². The maximum absolute atomic E-state index is 15.8. The lowest BCUT2D eigenvalue weighted by Crippen LogP contribution is -2.65. The number of amides is 12. The number of alkyl halides is 7. The van der Waals surface area contributed by atoms with E-state index in [1.807, 2.05) is 13.8 Å². The van der Waals surface area contributed by atoms with E-state index in [-0.39, 0.29) is 77.5 Å². The molecule has 108 heavy (non-hydrogen) atoms. The predicted molar refractivity (Wildman–Crippen MR) is 383 cm³/mol. The summed E-state index contributed by atoms with van der Waals surface area (Å²) in [6, 6.07) is -11.6. The molecule has 33 heteroatoms. The van der Waals surface area contributed by atoms with E-state index in [9.17, 15) is 50.7 Å². The van der Waals surface area contributed by atoms with Crippen LogP contribution in [-0.2, 0) is 67.0 Å². The molecular weight excluding hydrogens is 1430 g/mol. The molecule has 7 aliphatic rings. The second kappa shape index (κ2) is 38.6. The maximum Gasteiger partial charge on any atom is 0.397 e. The van der Waals surface area contributed by atoms with Gasteiger partial charge in [-0.2, -0.15) is 13.2 Å². The summed E-state index contributed by atoms with van der Waals surface area (Å²) in [7, 11) is 9.26. The number of halogens is 7. The highest BCUT2D eigenvalue weighted by atomic mass is 19.4. The van der Waals surface area contributed by atoms with Crippen molar-refractivity contribution in [2.45, 2.75) is 260 Å². The van der Waals surface area contributed by atoms with Crippen LogP contribution in [0, 0.1) is 29.6 Å². The molecule has 1 spiro atoms. The van der Waals surface area contributed by atoms with Crippen molar-refractivity contribution in [3.8, 4) is 0 Å². The van der Waals surface area contributed by atoms with Gasteiger partial charge in [0.15, 0.2) is 0 Å². The predicted octanol–water partition coefficient (Wildman–Crippen LogP) is 5.58. The summed E-state index contributed by atoms with van der Waals surface area (Å²) in [4.78, 5) is 192. The van der Waals surface area contributed by atoms with Crippen molar-refractivity contribution in [3.63, 3.8) is 0 Å². The number of hydrogen-bond donors (Lipinski definition) is 3. The molecule has 3 N–H and O–H groups in total. The number of nitrogens with one attached hydrogen (secondary N) is 3. The number of methoxy groups -OCH3 is 1. The first kappa shape index (κ1) is 88.0. The zero-order chi connectivity index (χ0) is 80.0. The molecule has 2 bridgehead atoms. The van der Waals surface area contributed by atoms with E-state index in [4.69, 9.17) is 9.47 Å². The number of hydrogen-bond acceptors (Lipinski definition) is 14. The summed E-state index contributed by atoms with van der Waals surface area (Å²) in [5, 5.41) is 8.42. The van der Waals surface area contributed by atoms with E-state index in [1.54, 1.807) is 32.9 Å². The molecule has 2 unspecified atom stereocenters. The topological polar surface area (TPSA) is 289 Å². The second-order valence-electron chi connectivity index (χ2n) is 31.2. The lowest BCUT2D eigenvalue weighted by atomic mass is 9.76. The maximum atomic E-state index is 15.8. The third kappa shape index (κ3) is 21.3. The summed E-state index contributed by atoms with van der Waals surface area (Å²) in [5.41, 5.74) is -1.73. The van der Waals surface area contributed by atoms with Gasteiger partial charge in [-0.05, 0) is 114 Å². The number of likely N-dealkylation sites (N-methyl/N-ethyl adjacent to an activating group) is 6. The fourth-order valence-electron chi connectivity index (χ4n) is 17.0. The van der Waals surface area contributed by atoms with Gasteiger partial charge in [-0.3, -0.25) is 57.5 Å².